The Kier molecular flexibility index (Phi) is 2.69. The van der Waals surface area contributed by atoms with Crippen molar-refractivity contribution in [3.63, 3.8) is 0 Å². The van der Waals surface area contributed by atoms with Crippen LogP contribution in [0.5, 0.6) is 0 Å². The molecule has 0 radical (unpaired) electrons. The first kappa shape index (κ1) is 9.08. The maximum Gasteiger partial charge on any atom is 0.255 e. The molecule has 0 unspecified atom stereocenters. The van der Waals surface area contributed by atoms with Crippen LogP contribution in [0.2, 0.25) is 0 Å². The first-order valence-corrected chi connectivity index (χ1v) is 5.06. The maximum atomic E-state index is 5.62. The van der Waals surface area contributed by atoms with Crippen LogP contribution in [0.25, 0.3) is 0 Å². The Balaban J connectivity index is 1.98. The summed E-state index contributed by atoms with van der Waals surface area (Å²) < 4.78 is 5.08. The third-order valence-corrected chi connectivity index (χ3v) is 2.48. The minimum Gasteiger partial charge on any atom is -0.440 e. The molecule has 0 saturated heterocycles. The zero-order valence-electron chi connectivity index (χ0n) is 7.38. The van der Waals surface area contributed by atoms with Crippen LogP contribution in [0.15, 0.2) is 40.4 Å². The number of nitrogen functional groups attached to an aromatic ring is 1. The number of anilines is 1. The fraction of sp³-hybridized carbons (Fsp3) is 0.111. The highest BCUT2D eigenvalue weighted by Crippen LogP contribution is 2.20. The van der Waals surface area contributed by atoms with E-state index in [-0.39, 0.29) is 0 Å². The molecule has 0 aliphatic carbocycles. The van der Waals surface area contributed by atoms with Crippen LogP contribution < -0.4 is 5.73 Å². The summed E-state index contributed by atoms with van der Waals surface area (Å²) in [7, 11) is 0. The third-order valence-electron chi connectivity index (χ3n) is 1.59. The second-order valence-electron chi connectivity index (χ2n) is 2.67. The quantitative estimate of drug-likeness (QED) is 0.779. The molecule has 0 fully saturated rings. The van der Waals surface area contributed by atoms with E-state index in [9.17, 15) is 0 Å². The SMILES string of the molecule is Nc1ccnc(CSc2ncco2)c1. The monoisotopic (exact) mass is 207 g/mol. The lowest BCUT2D eigenvalue weighted by atomic mass is 10.3. The summed E-state index contributed by atoms with van der Waals surface area (Å²) in [6.45, 7) is 0. The summed E-state index contributed by atoms with van der Waals surface area (Å²) in [5.74, 6) is 0.714. The van der Waals surface area contributed by atoms with Gasteiger partial charge in [0.2, 0.25) is 0 Å². The summed E-state index contributed by atoms with van der Waals surface area (Å²) in [6, 6.07) is 3.61. The lowest BCUT2D eigenvalue weighted by Crippen LogP contribution is -1.90. The second kappa shape index (κ2) is 4.15. The Bertz CT molecular complexity index is 402. The standard InChI is InChI=1S/C9H9N3OS/c10-7-1-2-11-8(5-7)6-14-9-12-3-4-13-9/h1-5H,6H2,(H2,10,11). The highest BCUT2D eigenvalue weighted by molar-refractivity contribution is 7.98. The normalized spacial score (nSPS) is 10.3. The molecule has 0 amide bonds. The maximum absolute atomic E-state index is 5.62. The molecular formula is C9H9N3OS. The lowest BCUT2D eigenvalue weighted by molar-refractivity contribution is 0.454. The fourth-order valence-electron chi connectivity index (χ4n) is 0.993. The smallest absolute Gasteiger partial charge is 0.255 e. The van der Waals surface area contributed by atoms with E-state index in [4.69, 9.17) is 10.2 Å². The van der Waals surface area contributed by atoms with E-state index in [2.05, 4.69) is 9.97 Å². The average molecular weight is 207 g/mol. The Morgan fingerprint density at radius 1 is 1.36 bits per heavy atom. The van der Waals surface area contributed by atoms with Crippen LogP contribution in [0.1, 0.15) is 5.69 Å². The van der Waals surface area contributed by atoms with Gasteiger partial charge in [-0.05, 0) is 12.1 Å². The fourth-order valence-corrected chi connectivity index (χ4v) is 1.68. The van der Waals surface area contributed by atoms with E-state index in [1.807, 2.05) is 6.07 Å². The van der Waals surface area contributed by atoms with Crippen LogP contribution in [0.3, 0.4) is 0 Å². The number of aromatic nitrogens is 2. The van der Waals surface area contributed by atoms with Gasteiger partial charge >= 0.3 is 0 Å². The summed E-state index contributed by atoms with van der Waals surface area (Å²) in [4.78, 5) is 8.16. The molecule has 0 aliphatic heterocycles. The van der Waals surface area contributed by atoms with Gasteiger partial charge in [0.05, 0.1) is 11.9 Å². The largest absolute Gasteiger partial charge is 0.440 e. The molecule has 2 aromatic rings. The van der Waals surface area contributed by atoms with Gasteiger partial charge in [0.1, 0.15) is 6.26 Å². The molecule has 2 aromatic heterocycles. The van der Waals surface area contributed by atoms with Gasteiger partial charge in [-0.15, -0.1) is 0 Å². The van der Waals surface area contributed by atoms with E-state index in [0.717, 1.165) is 11.4 Å². The Morgan fingerprint density at radius 2 is 2.29 bits per heavy atom. The molecule has 0 atom stereocenters. The number of nitrogens with zero attached hydrogens (tertiary/aromatic N) is 2. The molecule has 72 valence electrons. The van der Waals surface area contributed by atoms with Gasteiger partial charge in [0.25, 0.3) is 5.22 Å². The van der Waals surface area contributed by atoms with E-state index >= 15 is 0 Å². The van der Waals surface area contributed by atoms with Crippen LogP contribution in [-0.2, 0) is 5.75 Å². The van der Waals surface area contributed by atoms with E-state index in [1.54, 1.807) is 24.7 Å². The van der Waals surface area contributed by atoms with Crippen molar-refractivity contribution >= 4 is 17.4 Å². The van der Waals surface area contributed by atoms with Crippen molar-refractivity contribution in [2.45, 2.75) is 11.0 Å². The van der Waals surface area contributed by atoms with Crippen LogP contribution in [0.4, 0.5) is 5.69 Å². The topological polar surface area (TPSA) is 64.9 Å². The summed E-state index contributed by atoms with van der Waals surface area (Å²) >= 11 is 1.49. The Morgan fingerprint density at radius 3 is 3.00 bits per heavy atom. The third kappa shape index (κ3) is 2.26. The van der Waals surface area contributed by atoms with Crippen molar-refractivity contribution in [2.75, 3.05) is 5.73 Å². The Labute approximate surface area is 85.6 Å². The van der Waals surface area contributed by atoms with Crippen LogP contribution in [0, 0.1) is 0 Å². The molecule has 2 rings (SSSR count). The number of pyridine rings is 1. The molecule has 4 nitrogen and oxygen atoms in total. The van der Waals surface area contributed by atoms with E-state index < -0.39 is 0 Å². The molecular weight excluding hydrogens is 198 g/mol. The van der Waals surface area contributed by atoms with Gasteiger partial charge in [0.15, 0.2) is 0 Å². The van der Waals surface area contributed by atoms with Crippen molar-refractivity contribution in [3.8, 4) is 0 Å². The first-order chi connectivity index (χ1) is 6.84. The predicted octanol–water partition coefficient (Wildman–Crippen LogP) is 1.94. The highest BCUT2D eigenvalue weighted by atomic mass is 32.2. The van der Waals surface area contributed by atoms with Gasteiger partial charge in [0, 0.05) is 17.6 Å². The summed E-state index contributed by atoms with van der Waals surface area (Å²) in [5.41, 5.74) is 7.27. The number of rotatable bonds is 3. The zero-order chi connectivity index (χ0) is 9.80. The first-order valence-electron chi connectivity index (χ1n) is 4.07. The van der Waals surface area contributed by atoms with Gasteiger partial charge in [-0.2, -0.15) is 0 Å². The molecule has 2 heterocycles. The molecule has 5 heteroatoms. The second-order valence-corrected chi connectivity index (χ2v) is 3.59. The van der Waals surface area contributed by atoms with Gasteiger partial charge in [-0.1, -0.05) is 11.8 Å². The molecule has 0 aliphatic rings. The van der Waals surface area contributed by atoms with E-state index in [0.29, 0.717) is 11.0 Å². The van der Waals surface area contributed by atoms with E-state index in [1.165, 1.54) is 11.8 Å². The minimum atomic E-state index is 0.647. The molecule has 2 N–H and O–H groups in total. The molecule has 0 bridgehead atoms. The predicted molar refractivity (Wildman–Crippen MR) is 54.7 cm³/mol. The van der Waals surface area contributed by atoms with Crippen LogP contribution in [-0.4, -0.2) is 9.97 Å². The molecule has 0 spiro atoms. The van der Waals surface area contributed by atoms with Crippen molar-refractivity contribution in [2.24, 2.45) is 0 Å². The Hall–Kier alpha value is -1.49. The number of hydrogen-bond acceptors (Lipinski definition) is 5. The van der Waals surface area contributed by atoms with Crippen molar-refractivity contribution < 1.29 is 4.42 Å². The van der Waals surface area contributed by atoms with Gasteiger partial charge < -0.3 is 10.2 Å². The number of nitrogens with two attached hydrogens (primary N) is 1. The number of thioether (sulfide) groups is 1. The van der Waals surface area contributed by atoms with Crippen LogP contribution >= 0.6 is 11.8 Å². The summed E-state index contributed by atoms with van der Waals surface area (Å²) in [5, 5.41) is 0.647. The number of hydrogen-bond donors (Lipinski definition) is 1. The van der Waals surface area contributed by atoms with Crippen molar-refractivity contribution in [1.29, 1.82) is 0 Å². The molecule has 0 aromatic carbocycles. The zero-order valence-corrected chi connectivity index (χ0v) is 8.20. The van der Waals surface area contributed by atoms with Gasteiger partial charge in [-0.3, -0.25) is 4.98 Å². The van der Waals surface area contributed by atoms with Crippen molar-refractivity contribution in [1.82, 2.24) is 9.97 Å². The molecule has 14 heavy (non-hydrogen) atoms. The number of oxazole rings is 1. The van der Waals surface area contributed by atoms with Crippen molar-refractivity contribution in [3.05, 3.63) is 36.5 Å². The minimum absolute atomic E-state index is 0.647. The average Bonchev–Trinajstić information content (AvgIpc) is 2.67. The summed E-state index contributed by atoms with van der Waals surface area (Å²) in [6.07, 6.45) is 4.87. The molecule has 0 saturated carbocycles. The highest BCUT2D eigenvalue weighted by Gasteiger charge is 2.00. The lowest BCUT2D eigenvalue weighted by Gasteiger charge is -1.98. The van der Waals surface area contributed by atoms with Gasteiger partial charge in [-0.25, -0.2) is 4.98 Å².